The summed E-state index contributed by atoms with van der Waals surface area (Å²) >= 11 is 0. The predicted molar refractivity (Wildman–Crippen MR) is 78.0 cm³/mol. The molecule has 2 heterocycles. The molecule has 0 bridgehead atoms. The normalized spacial score (nSPS) is 10.6. The highest BCUT2D eigenvalue weighted by molar-refractivity contribution is 5.82. The van der Waals surface area contributed by atoms with Gasteiger partial charge in [0.1, 0.15) is 0 Å². The average Bonchev–Trinajstić information content (AvgIpc) is 2.46. The van der Waals surface area contributed by atoms with Crippen LogP contribution in [0.15, 0.2) is 55.0 Å². The molecule has 0 saturated carbocycles. The smallest absolute Gasteiger partial charge is 0.0703 e. The van der Waals surface area contributed by atoms with E-state index in [-0.39, 0.29) is 0 Å². The van der Waals surface area contributed by atoms with Crippen molar-refractivity contribution in [1.29, 1.82) is 0 Å². The average molecular weight is 249 g/mol. The van der Waals surface area contributed by atoms with Crippen LogP contribution < -0.4 is 5.32 Å². The van der Waals surface area contributed by atoms with E-state index in [4.69, 9.17) is 0 Å². The Hall–Kier alpha value is -2.42. The van der Waals surface area contributed by atoms with Crippen LogP contribution in [0.5, 0.6) is 0 Å². The fourth-order valence-corrected chi connectivity index (χ4v) is 2.06. The lowest BCUT2D eigenvalue weighted by Crippen LogP contribution is -2.01. The van der Waals surface area contributed by atoms with Crippen LogP contribution in [0.4, 0.5) is 5.69 Å². The fourth-order valence-electron chi connectivity index (χ4n) is 2.06. The summed E-state index contributed by atoms with van der Waals surface area (Å²) in [6.07, 6.45) is 5.54. The Kier molecular flexibility index (Phi) is 3.11. The van der Waals surface area contributed by atoms with Crippen molar-refractivity contribution < 1.29 is 0 Å². The van der Waals surface area contributed by atoms with Gasteiger partial charge in [-0.15, -0.1) is 0 Å². The van der Waals surface area contributed by atoms with Crippen molar-refractivity contribution in [2.45, 2.75) is 13.5 Å². The molecule has 94 valence electrons. The zero-order valence-corrected chi connectivity index (χ0v) is 10.8. The van der Waals surface area contributed by atoms with Crippen molar-refractivity contribution >= 4 is 16.6 Å². The Labute approximate surface area is 112 Å². The molecule has 1 aromatic carbocycles. The van der Waals surface area contributed by atoms with Crippen LogP contribution in [0.2, 0.25) is 0 Å². The van der Waals surface area contributed by atoms with Gasteiger partial charge in [0.25, 0.3) is 0 Å². The first-order chi connectivity index (χ1) is 9.33. The number of hydrogen-bond acceptors (Lipinski definition) is 3. The maximum absolute atomic E-state index is 4.32. The number of hydrogen-bond donors (Lipinski definition) is 1. The second-order valence-corrected chi connectivity index (χ2v) is 4.57. The van der Waals surface area contributed by atoms with E-state index in [9.17, 15) is 0 Å². The van der Waals surface area contributed by atoms with Crippen LogP contribution in [0.1, 0.15) is 11.1 Å². The molecule has 2 aromatic heterocycles. The number of nitrogens with zero attached hydrogens (tertiary/aromatic N) is 2. The van der Waals surface area contributed by atoms with Gasteiger partial charge in [0.05, 0.1) is 5.52 Å². The summed E-state index contributed by atoms with van der Waals surface area (Å²) in [5.74, 6) is 0. The van der Waals surface area contributed by atoms with E-state index in [0.29, 0.717) is 0 Å². The zero-order chi connectivity index (χ0) is 13.1. The van der Waals surface area contributed by atoms with Crippen LogP contribution in [-0.4, -0.2) is 9.97 Å². The highest BCUT2D eigenvalue weighted by Crippen LogP contribution is 2.18. The van der Waals surface area contributed by atoms with Gasteiger partial charge in [-0.1, -0.05) is 6.07 Å². The molecule has 0 atom stereocenters. The van der Waals surface area contributed by atoms with Crippen molar-refractivity contribution in [1.82, 2.24) is 9.97 Å². The molecule has 3 aromatic rings. The first-order valence-electron chi connectivity index (χ1n) is 6.31. The molecule has 0 radical (unpaired) electrons. The number of aromatic nitrogens is 2. The van der Waals surface area contributed by atoms with Crippen LogP contribution in [-0.2, 0) is 6.54 Å². The maximum Gasteiger partial charge on any atom is 0.0703 e. The molecule has 3 nitrogen and oxygen atoms in total. The lowest BCUT2D eigenvalue weighted by atomic mass is 10.1. The summed E-state index contributed by atoms with van der Waals surface area (Å²) in [6, 6.07) is 12.3. The van der Waals surface area contributed by atoms with Crippen molar-refractivity contribution in [3.63, 3.8) is 0 Å². The van der Waals surface area contributed by atoms with E-state index in [1.807, 2.05) is 36.8 Å². The quantitative estimate of drug-likeness (QED) is 0.771. The lowest BCUT2D eigenvalue weighted by molar-refractivity contribution is 1.08. The predicted octanol–water partition coefficient (Wildman–Crippen LogP) is 3.55. The molecule has 19 heavy (non-hydrogen) atoms. The minimum absolute atomic E-state index is 0.783. The molecule has 0 fully saturated rings. The van der Waals surface area contributed by atoms with Gasteiger partial charge in [-0.3, -0.25) is 9.97 Å². The molecule has 0 aliphatic heterocycles. The number of aryl methyl sites for hydroxylation is 1. The summed E-state index contributed by atoms with van der Waals surface area (Å²) in [5.41, 5.74) is 4.59. The summed E-state index contributed by atoms with van der Waals surface area (Å²) < 4.78 is 0. The van der Waals surface area contributed by atoms with Crippen LogP contribution in [0.3, 0.4) is 0 Å². The Morgan fingerprint density at radius 2 is 2.05 bits per heavy atom. The van der Waals surface area contributed by atoms with Crippen molar-refractivity contribution in [2.75, 3.05) is 5.32 Å². The Morgan fingerprint density at radius 3 is 2.95 bits per heavy atom. The number of anilines is 1. The molecular formula is C16H15N3. The number of rotatable bonds is 3. The number of pyridine rings is 2. The van der Waals surface area contributed by atoms with Crippen molar-refractivity contribution in [3.8, 4) is 0 Å². The van der Waals surface area contributed by atoms with Gasteiger partial charge < -0.3 is 5.32 Å². The third-order valence-electron chi connectivity index (χ3n) is 3.23. The molecule has 3 heteroatoms. The summed E-state index contributed by atoms with van der Waals surface area (Å²) in [7, 11) is 0. The highest BCUT2D eigenvalue weighted by Gasteiger charge is 1.99. The third-order valence-corrected chi connectivity index (χ3v) is 3.23. The largest absolute Gasteiger partial charge is 0.381 e. The van der Waals surface area contributed by atoms with E-state index in [1.165, 1.54) is 11.1 Å². The Balaban J connectivity index is 1.80. The van der Waals surface area contributed by atoms with E-state index in [0.717, 1.165) is 23.1 Å². The van der Waals surface area contributed by atoms with E-state index < -0.39 is 0 Å². The van der Waals surface area contributed by atoms with Gasteiger partial charge in [-0.05, 0) is 48.4 Å². The number of nitrogens with one attached hydrogen (secondary N) is 1. The molecule has 0 unspecified atom stereocenters. The van der Waals surface area contributed by atoms with Crippen LogP contribution in [0, 0.1) is 6.92 Å². The summed E-state index contributed by atoms with van der Waals surface area (Å²) in [6.45, 7) is 2.88. The van der Waals surface area contributed by atoms with Crippen LogP contribution >= 0.6 is 0 Å². The maximum atomic E-state index is 4.32. The van der Waals surface area contributed by atoms with Gasteiger partial charge in [0, 0.05) is 36.2 Å². The van der Waals surface area contributed by atoms with Crippen molar-refractivity contribution in [2.24, 2.45) is 0 Å². The molecule has 0 aliphatic carbocycles. The molecule has 1 N–H and O–H groups in total. The van der Waals surface area contributed by atoms with Crippen LogP contribution in [0.25, 0.3) is 10.9 Å². The first kappa shape index (κ1) is 11.7. The zero-order valence-electron chi connectivity index (χ0n) is 10.8. The second-order valence-electron chi connectivity index (χ2n) is 4.57. The lowest BCUT2D eigenvalue weighted by Gasteiger charge is -2.09. The molecule has 0 spiro atoms. The van der Waals surface area contributed by atoms with Gasteiger partial charge in [-0.25, -0.2) is 0 Å². The van der Waals surface area contributed by atoms with Gasteiger partial charge in [-0.2, -0.15) is 0 Å². The molecule has 0 amide bonds. The monoisotopic (exact) mass is 249 g/mol. The van der Waals surface area contributed by atoms with Crippen molar-refractivity contribution in [3.05, 3.63) is 66.1 Å². The first-order valence-corrected chi connectivity index (χ1v) is 6.31. The fraction of sp³-hybridized carbons (Fsp3) is 0.125. The topological polar surface area (TPSA) is 37.8 Å². The highest BCUT2D eigenvalue weighted by atomic mass is 14.9. The summed E-state index contributed by atoms with van der Waals surface area (Å²) in [4.78, 5) is 8.47. The minimum Gasteiger partial charge on any atom is -0.381 e. The Bertz CT molecular complexity index is 707. The number of benzene rings is 1. The second kappa shape index (κ2) is 5.06. The molecule has 3 rings (SSSR count). The Morgan fingerprint density at radius 1 is 1.11 bits per heavy atom. The van der Waals surface area contributed by atoms with Gasteiger partial charge in [0.15, 0.2) is 0 Å². The van der Waals surface area contributed by atoms with E-state index in [2.05, 4.69) is 40.4 Å². The van der Waals surface area contributed by atoms with Gasteiger partial charge >= 0.3 is 0 Å². The SMILES string of the molecule is Cc1ccncc1CNc1ccc2ncccc2c1. The minimum atomic E-state index is 0.783. The molecule has 0 aliphatic rings. The van der Waals surface area contributed by atoms with Gasteiger partial charge in [0.2, 0.25) is 0 Å². The van der Waals surface area contributed by atoms with E-state index in [1.54, 1.807) is 0 Å². The third kappa shape index (κ3) is 2.55. The molecular weight excluding hydrogens is 234 g/mol. The standard InChI is InChI=1S/C16H15N3/c1-12-6-8-17-10-14(12)11-19-15-4-5-16-13(9-15)3-2-7-18-16/h2-10,19H,11H2,1H3. The number of fused-ring (bicyclic) bond motifs is 1. The molecule has 0 saturated heterocycles. The summed E-state index contributed by atoms with van der Waals surface area (Å²) in [5, 5.41) is 4.57. The van der Waals surface area contributed by atoms with E-state index >= 15 is 0 Å².